The SMILES string of the molecule is CC(C)c1cncnc1. The smallest absolute Gasteiger partial charge is 0.115 e. The molecule has 0 spiro atoms. The van der Waals surface area contributed by atoms with E-state index in [9.17, 15) is 0 Å². The third-order valence-electron chi connectivity index (χ3n) is 1.25. The van der Waals surface area contributed by atoms with E-state index in [1.165, 1.54) is 5.56 Å². The summed E-state index contributed by atoms with van der Waals surface area (Å²) < 4.78 is 0. The molecule has 0 aliphatic heterocycles. The molecule has 0 bridgehead atoms. The van der Waals surface area contributed by atoms with Gasteiger partial charge in [0, 0.05) is 12.4 Å². The second-order valence-electron chi connectivity index (χ2n) is 2.33. The summed E-state index contributed by atoms with van der Waals surface area (Å²) >= 11 is 0. The summed E-state index contributed by atoms with van der Waals surface area (Å²) in [4.78, 5) is 7.79. The van der Waals surface area contributed by atoms with Crippen LogP contribution in [-0.2, 0) is 0 Å². The van der Waals surface area contributed by atoms with Gasteiger partial charge in [-0.3, -0.25) is 0 Å². The first-order valence-corrected chi connectivity index (χ1v) is 3.05. The largest absolute Gasteiger partial charge is 0.245 e. The van der Waals surface area contributed by atoms with Crippen LogP contribution >= 0.6 is 0 Å². The summed E-state index contributed by atoms with van der Waals surface area (Å²) in [6.07, 6.45) is 5.24. The highest BCUT2D eigenvalue weighted by molar-refractivity contribution is 5.06. The van der Waals surface area contributed by atoms with Crippen LogP contribution in [0, 0.1) is 0 Å². The van der Waals surface area contributed by atoms with Gasteiger partial charge in [0.1, 0.15) is 6.33 Å². The van der Waals surface area contributed by atoms with Crippen molar-refractivity contribution in [1.82, 2.24) is 9.97 Å². The van der Waals surface area contributed by atoms with E-state index in [4.69, 9.17) is 0 Å². The molecule has 0 aliphatic carbocycles. The van der Waals surface area contributed by atoms with Crippen LogP contribution in [0.2, 0.25) is 0 Å². The summed E-state index contributed by atoms with van der Waals surface area (Å²) in [5.74, 6) is 0.534. The van der Waals surface area contributed by atoms with E-state index in [1.54, 1.807) is 6.33 Å². The highest BCUT2D eigenvalue weighted by atomic mass is 14.8. The maximum Gasteiger partial charge on any atom is 0.115 e. The minimum absolute atomic E-state index is 0.534. The molecule has 0 N–H and O–H groups in total. The van der Waals surface area contributed by atoms with Crippen molar-refractivity contribution in [3.8, 4) is 0 Å². The lowest BCUT2D eigenvalue weighted by atomic mass is 10.1. The monoisotopic (exact) mass is 122 g/mol. The Labute approximate surface area is 55.0 Å². The molecular weight excluding hydrogens is 112 g/mol. The Bertz CT molecular complexity index is 170. The second kappa shape index (κ2) is 2.58. The zero-order valence-corrected chi connectivity index (χ0v) is 5.70. The first-order chi connectivity index (χ1) is 4.30. The van der Waals surface area contributed by atoms with Gasteiger partial charge in [-0.15, -0.1) is 0 Å². The molecule has 0 saturated carbocycles. The summed E-state index contributed by atoms with van der Waals surface area (Å²) in [5.41, 5.74) is 1.19. The van der Waals surface area contributed by atoms with E-state index in [0.29, 0.717) is 5.92 Å². The standard InChI is InChI=1S/C7H10N2/c1-6(2)7-3-8-5-9-4-7/h3-6H,1-2H3. The zero-order valence-electron chi connectivity index (χ0n) is 5.70. The molecule has 9 heavy (non-hydrogen) atoms. The molecule has 2 heteroatoms. The van der Waals surface area contributed by atoms with Crippen molar-refractivity contribution in [1.29, 1.82) is 0 Å². The molecular formula is C7H10N2. The molecule has 1 heterocycles. The quantitative estimate of drug-likeness (QED) is 0.565. The number of aromatic nitrogens is 2. The van der Waals surface area contributed by atoms with Gasteiger partial charge in [0.25, 0.3) is 0 Å². The number of rotatable bonds is 1. The molecule has 0 fully saturated rings. The average molecular weight is 122 g/mol. The van der Waals surface area contributed by atoms with Crippen LogP contribution in [0.5, 0.6) is 0 Å². The van der Waals surface area contributed by atoms with Gasteiger partial charge in [-0.25, -0.2) is 9.97 Å². The van der Waals surface area contributed by atoms with Crippen molar-refractivity contribution < 1.29 is 0 Å². The van der Waals surface area contributed by atoms with E-state index in [-0.39, 0.29) is 0 Å². The Balaban J connectivity index is 2.85. The number of hydrogen-bond donors (Lipinski definition) is 0. The Morgan fingerprint density at radius 1 is 1.22 bits per heavy atom. The summed E-state index contributed by atoms with van der Waals surface area (Å²) in [6, 6.07) is 0. The molecule has 1 aromatic rings. The van der Waals surface area contributed by atoms with E-state index >= 15 is 0 Å². The van der Waals surface area contributed by atoms with Gasteiger partial charge >= 0.3 is 0 Å². The lowest BCUT2D eigenvalue weighted by Crippen LogP contribution is -1.88. The van der Waals surface area contributed by atoms with Crippen LogP contribution in [0.15, 0.2) is 18.7 Å². The van der Waals surface area contributed by atoms with Crippen LogP contribution in [0.25, 0.3) is 0 Å². The van der Waals surface area contributed by atoms with Gasteiger partial charge < -0.3 is 0 Å². The van der Waals surface area contributed by atoms with E-state index in [1.807, 2.05) is 12.4 Å². The highest BCUT2D eigenvalue weighted by Crippen LogP contribution is 2.09. The van der Waals surface area contributed by atoms with E-state index in [2.05, 4.69) is 23.8 Å². The van der Waals surface area contributed by atoms with Crippen LogP contribution in [0.4, 0.5) is 0 Å². The van der Waals surface area contributed by atoms with Crippen LogP contribution < -0.4 is 0 Å². The van der Waals surface area contributed by atoms with E-state index in [0.717, 1.165) is 0 Å². The Kier molecular flexibility index (Phi) is 1.78. The summed E-state index contributed by atoms with van der Waals surface area (Å²) in [6.45, 7) is 4.25. The molecule has 1 rings (SSSR count). The van der Waals surface area contributed by atoms with Gasteiger partial charge in [0.15, 0.2) is 0 Å². The lowest BCUT2D eigenvalue weighted by Gasteiger charge is -1.99. The normalized spacial score (nSPS) is 10.1. The second-order valence-corrected chi connectivity index (χ2v) is 2.33. The molecule has 0 radical (unpaired) electrons. The Morgan fingerprint density at radius 2 is 1.78 bits per heavy atom. The van der Waals surface area contributed by atoms with Gasteiger partial charge in [-0.2, -0.15) is 0 Å². The highest BCUT2D eigenvalue weighted by Gasteiger charge is 1.95. The molecule has 0 atom stereocenters. The van der Waals surface area contributed by atoms with Crippen LogP contribution in [0.3, 0.4) is 0 Å². The maximum atomic E-state index is 3.89. The third-order valence-corrected chi connectivity index (χ3v) is 1.25. The van der Waals surface area contributed by atoms with Crippen molar-refractivity contribution in [2.45, 2.75) is 19.8 Å². The fourth-order valence-corrected chi connectivity index (χ4v) is 0.609. The molecule has 1 aromatic heterocycles. The Morgan fingerprint density at radius 3 is 2.11 bits per heavy atom. The van der Waals surface area contributed by atoms with E-state index < -0.39 is 0 Å². The molecule has 0 saturated heterocycles. The van der Waals surface area contributed by atoms with Crippen LogP contribution in [-0.4, -0.2) is 9.97 Å². The summed E-state index contributed by atoms with van der Waals surface area (Å²) in [5, 5.41) is 0. The number of hydrogen-bond acceptors (Lipinski definition) is 2. The topological polar surface area (TPSA) is 25.8 Å². The van der Waals surface area contributed by atoms with Crippen LogP contribution in [0.1, 0.15) is 25.3 Å². The minimum Gasteiger partial charge on any atom is -0.245 e. The summed E-state index contributed by atoms with van der Waals surface area (Å²) in [7, 11) is 0. The maximum absolute atomic E-state index is 3.89. The fourth-order valence-electron chi connectivity index (χ4n) is 0.609. The molecule has 2 nitrogen and oxygen atoms in total. The van der Waals surface area contributed by atoms with Crippen molar-refractivity contribution in [3.05, 3.63) is 24.3 Å². The number of nitrogens with zero attached hydrogens (tertiary/aromatic N) is 2. The molecule has 0 unspecified atom stereocenters. The van der Waals surface area contributed by atoms with Gasteiger partial charge in [-0.05, 0) is 11.5 Å². The first kappa shape index (κ1) is 6.20. The average Bonchev–Trinajstić information content (AvgIpc) is 1.90. The lowest BCUT2D eigenvalue weighted by molar-refractivity contribution is 0.845. The molecule has 48 valence electrons. The van der Waals surface area contributed by atoms with Crippen molar-refractivity contribution >= 4 is 0 Å². The van der Waals surface area contributed by atoms with Crippen molar-refractivity contribution in [3.63, 3.8) is 0 Å². The van der Waals surface area contributed by atoms with Crippen molar-refractivity contribution in [2.75, 3.05) is 0 Å². The molecule has 0 amide bonds. The minimum atomic E-state index is 0.534. The molecule has 0 aliphatic rings. The van der Waals surface area contributed by atoms with Gasteiger partial charge in [-0.1, -0.05) is 13.8 Å². The predicted octanol–water partition coefficient (Wildman–Crippen LogP) is 1.60. The zero-order chi connectivity index (χ0) is 6.69. The Hall–Kier alpha value is -0.920. The van der Waals surface area contributed by atoms with Gasteiger partial charge in [0.2, 0.25) is 0 Å². The van der Waals surface area contributed by atoms with Crippen molar-refractivity contribution in [2.24, 2.45) is 0 Å². The predicted molar refractivity (Wildman–Crippen MR) is 36.1 cm³/mol. The fraction of sp³-hybridized carbons (Fsp3) is 0.429. The third kappa shape index (κ3) is 1.49. The molecule has 0 aromatic carbocycles. The van der Waals surface area contributed by atoms with Gasteiger partial charge in [0.05, 0.1) is 0 Å². The first-order valence-electron chi connectivity index (χ1n) is 3.05.